The number of carbonyl (C=O) groups excluding carboxylic acids is 2. The highest BCUT2D eigenvalue weighted by Gasteiger charge is 2.29. The van der Waals surface area contributed by atoms with E-state index in [1.807, 2.05) is 36.4 Å². The van der Waals surface area contributed by atoms with Crippen molar-refractivity contribution in [3.8, 4) is 0 Å². The van der Waals surface area contributed by atoms with Crippen LogP contribution in [0.1, 0.15) is 24.4 Å². The number of hydrogen-bond donors (Lipinski definition) is 2. The number of pyridine rings is 1. The van der Waals surface area contributed by atoms with E-state index in [0.717, 1.165) is 25.2 Å². The van der Waals surface area contributed by atoms with E-state index in [4.69, 9.17) is 5.73 Å². The summed E-state index contributed by atoms with van der Waals surface area (Å²) in [5, 5.41) is 2.81. The van der Waals surface area contributed by atoms with Crippen LogP contribution in [0.4, 0.5) is 5.82 Å². The summed E-state index contributed by atoms with van der Waals surface area (Å²) in [7, 11) is 0. The van der Waals surface area contributed by atoms with Crippen LogP contribution in [-0.2, 0) is 9.59 Å². The van der Waals surface area contributed by atoms with Gasteiger partial charge in [0.05, 0.1) is 5.92 Å². The molecule has 25 heavy (non-hydrogen) atoms. The highest BCUT2D eigenvalue weighted by atomic mass is 16.2. The number of amides is 2. The van der Waals surface area contributed by atoms with E-state index in [2.05, 4.69) is 15.2 Å². The molecule has 2 atom stereocenters. The number of rotatable bonds is 5. The van der Waals surface area contributed by atoms with Crippen LogP contribution >= 0.6 is 0 Å². The first-order valence-electron chi connectivity index (χ1n) is 8.46. The van der Waals surface area contributed by atoms with Gasteiger partial charge in [-0.2, -0.15) is 0 Å². The molecule has 1 aliphatic heterocycles. The Bertz CT molecular complexity index is 721. The average molecular weight is 338 g/mol. The summed E-state index contributed by atoms with van der Waals surface area (Å²) in [6.45, 7) is 1.46. The molecule has 6 nitrogen and oxygen atoms in total. The Morgan fingerprint density at radius 3 is 2.60 bits per heavy atom. The van der Waals surface area contributed by atoms with Gasteiger partial charge in [-0.25, -0.2) is 4.98 Å². The summed E-state index contributed by atoms with van der Waals surface area (Å²) in [5.74, 6) is -0.0268. The molecule has 2 amide bonds. The largest absolute Gasteiger partial charge is 0.368 e. The topological polar surface area (TPSA) is 88.3 Å². The summed E-state index contributed by atoms with van der Waals surface area (Å²) in [4.78, 5) is 30.9. The predicted molar refractivity (Wildman–Crippen MR) is 95.7 cm³/mol. The van der Waals surface area contributed by atoms with Gasteiger partial charge in [0.15, 0.2) is 0 Å². The van der Waals surface area contributed by atoms with Crippen LogP contribution in [-0.4, -0.2) is 29.9 Å². The highest BCUT2D eigenvalue weighted by molar-refractivity contribution is 5.88. The first-order chi connectivity index (χ1) is 12.1. The number of aromatic nitrogens is 1. The Morgan fingerprint density at radius 2 is 1.92 bits per heavy atom. The zero-order valence-electron chi connectivity index (χ0n) is 14.0. The molecular formula is C19H22N4O2. The molecule has 1 saturated heterocycles. The normalized spacial score (nSPS) is 18.4. The molecule has 0 bridgehead atoms. The Morgan fingerprint density at radius 1 is 1.16 bits per heavy atom. The van der Waals surface area contributed by atoms with Gasteiger partial charge in [-0.05, 0) is 30.5 Å². The number of nitrogens with one attached hydrogen (secondary N) is 1. The first kappa shape index (κ1) is 17.0. The molecule has 0 saturated carbocycles. The molecule has 2 heterocycles. The summed E-state index contributed by atoms with van der Waals surface area (Å²) in [6.07, 6.45) is 3.44. The van der Waals surface area contributed by atoms with Crippen molar-refractivity contribution in [3.63, 3.8) is 0 Å². The number of anilines is 1. The van der Waals surface area contributed by atoms with Crippen molar-refractivity contribution in [2.45, 2.75) is 18.9 Å². The minimum Gasteiger partial charge on any atom is -0.368 e. The van der Waals surface area contributed by atoms with Crippen LogP contribution < -0.4 is 16.0 Å². The van der Waals surface area contributed by atoms with E-state index in [1.165, 1.54) is 0 Å². The Kier molecular flexibility index (Phi) is 5.28. The molecule has 3 N–H and O–H groups in total. The molecule has 3 rings (SSSR count). The third-order valence-corrected chi connectivity index (χ3v) is 4.47. The molecule has 0 unspecified atom stereocenters. The van der Waals surface area contributed by atoms with Gasteiger partial charge in [-0.3, -0.25) is 9.59 Å². The van der Waals surface area contributed by atoms with Crippen LogP contribution in [0.15, 0.2) is 54.7 Å². The van der Waals surface area contributed by atoms with E-state index in [-0.39, 0.29) is 11.8 Å². The van der Waals surface area contributed by atoms with Crippen molar-refractivity contribution >= 4 is 17.6 Å². The summed E-state index contributed by atoms with van der Waals surface area (Å²) < 4.78 is 0. The van der Waals surface area contributed by atoms with E-state index in [9.17, 15) is 9.59 Å². The molecule has 1 fully saturated rings. The van der Waals surface area contributed by atoms with Gasteiger partial charge in [0, 0.05) is 19.3 Å². The van der Waals surface area contributed by atoms with E-state index in [0.29, 0.717) is 12.1 Å². The Hall–Kier alpha value is -2.89. The highest BCUT2D eigenvalue weighted by Crippen LogP contribution is 2.22. The van der Waals surface area contributed by atoms with Crippen molar-refractivity contribution in [1.29, 1.82) is 0 Å². The third kappa shape index (κ3) is 4.15. The van der Waals surface area contributed by atoms with Crippen LogP contribution in [0.2, 0.25) is 0 Å². The van der Waals surface area contributed by atoms with Crippen molar-refractivity contribution in [2.75, 3.05) is 18.0 Å². The maximum Gasteiger partial charge on any atom is 0.244 e. The van der Waals surface area contributed by atoms with Gasteiger partial charge in [-0.1, -0.05) is 36.4 Å². The first-order valence-corrected chi connectivity index (χ1v) is 8.46. The molecule has 1 aliphatic rings. The second kappa shape index (κ2) is 7.79. The number of hydrogen-bond acceptors (Lipinski definition) is 4. The van der Waals surface area contributed by atoms with Crippen molar-refractivity contribution < 1.29 is 9.59 Å². The molecule has 1 aromatic heterocycles. The standard InChI is InChI=1S/C19H22N4O2/c20-18(24)17(14-7-2-1-3-8-14)22-19(25)15-9-6-12-23(13-15)16-10-4-5-11-21-16/h1-5,7-8,10-11,15,17H,6,9,12-13H2,(H2,20,24)(H,22,25)/t15-,17-/m1/s1. The Labute approximate surface area is 147 Å². The quantitative estimate of drug-likeness (QED) is 0.867. The molecular weight excluding hydrogens is 316 g/mol. The molecule has 1 aromatic carbocycles. The number of benzene rings is 1. The van der Waals surface area contributed by atoms with Gasteiger partial charge >= 0.3 is 0 Å². The fourth-order valence-electron chi connectivity index (χ4n) is 3.16. The zero-order chi connectivity index (χ0) is 17.6. The lowest BCUT2D eigenvalue weighted by Gasteiger charge is -2.33. The van der Waals surface area contributed by atoms with Crippen LogP contribution in [0.25, 0.3) is 0 Å². The zero-order valence-corrected chi connectivity index (χ0v) is 14.0. The van der Waals surface area contributed by atoms with E-state index >= 15 is 0 Å². The SMILES string of the molecule is NC(=O)[C@H](NC(=O)[C@@H]1CCCN(c2ccccn2)C1)c1ccccc1. The van der Waals surface area contributed by atoms with Gasteiger partial charge in [-0.15, -0.1) is 0 Å². The Balaban J connectivity index is 1.68. The second-order valence-corrected chi connectivity index (χ2v) is 6.23. The minimum atomic E-state index is -0.807. The number of nitrogens with two attached hydrogens (primary N) is 1. The fraction of sp³-hybridized carbons (Fsp3) is 0.316. The van der Waals surface area contributed by atoms with Crippen LogP contribution in [0.3, 0.4) is 0 Å². The number of carbonyl (C=O) groups is 2. The molecule has 0 radical (unpaired) electrons. The van der Waals surface area contributed by atoms with Crippen LogP contribution in [0, 0.1) is 5.92 Å². The third-order valence-electron chi connectivity index (χ3n) is 4.47. The summed E-state index contributed by atoms with van der Waals surface area (Å²) in [6, 6.07) is 14.0. The predicted octanol–water partition coefficient (Wildman–Crippen LogP) is 1.64. The lowest BCUT2D eigenvalue weighted by molar-refractivity contribution is -0.130. The average Bonchev–Trinajstić information content (AvgIpc) is 2.67. The molecule has 2 aromatic rings. The van der Waals surface area contributed by atoms with Gasteiger partial charge in [0.2, 0.25) is 11.8 Å². The van der Waals surface area contributed by atoms with Crippen LogP contribution in [0.5, 0.6) is 0 Å². The maximum atomic E-state index is 12.7. The number of nitrogens with zero attached hydrogens (tertiary/aromatic N) is 2. The van der Waals surface area contributed by atoms with Gasteiger partial charge in [0.25, 0.3) is 0 Å². The minimum absolute atomic E-state index is 0.145. The van der Waals surface area contributed by atoms with Gasteiger partial charge < -0.3 is 16.0 Å². The lowest BCUT2D eigenvalue weighted by atomic mass is 9.96. The van der Waals surface area contributed by atoms with Crippen molar-refractivity contribution in [2.24, 2.45) is 11.7 Å². The molecule has 130 valence electrons. The van der Waals surface area contributed by atoms with Crippen molar-refractivity contribution in [3.05, 3.63) is 60.3 Å². The molecule has 6 heteroatoms. The lowest BCUT2D eigenvalue weighted by Crippen LogP contribution is -2.46. The fourth-order valence-corrected chi connectivity index (χ4v) is 3.16. The smallest absolute Gasteiger partial charge is 0.244 e. The second-order valence-electron chi connectivity index (χ2n) is 6.23. The van der Waals surface area contributed by atoms with Crippen molar-refractivity contribution in [1.82, 2.24) is 10.3 Å². The number of piperidine rings is 1. The van der Waals surface area contributed by atoms with E-state index in [1.54, 1.807) is 18.3 Å². The van der Waals surface area contributed by atoms with E-state index < -0.39 is 11.9 Å². The monoisotopic (exact) mass is 338 g/mol. The van der Waals surface area contributed by atoms with Gasteiger partial charge in [0.1, 0.15) is 11.9 Å². The summed E-state index contributed by atoms with van der Waals surface area (Å²) >= 11 is 0. The maximum absolute atomic E-state index is 12.7. The molecule has 0 aliphatic carbocycles. The number of primary amides is 1. The molecule has 0 spiro atoms. The summed E-state index contributed by atoms with van der Waals surface area (Å²) in [5.41, 5.74) is 6.19.